The van der Waals surface area contributed by atoms with Crippen LogP contribution in [0.2, 0.25) is 0 Å². The number of halogens is 2. The lowest BCUT2D eigenvalue weighted by molar-refractivity contribution is -0.00182. The fraction of sp³-hybridized carbons (Fsp3) is 0.429. The normalized spacial score (nSPS) is 20.9. The molecule has 28 heavy (non-hydrogen) atoms. The van der Waals surface area contributed by atoms with E-state index in [9.17, 15) is 22.3 Å². The van der Waals surface area contributed by atoms with Gasteiger partial charge in [-0.25, -0.2) is 21.9 Å². The van der Waals surface area contributed by atoms with Gasteiger partial charge in [-0.3, -0.25) is 0 Å². The van der Waals surface area contributed by atoms with Gasteiger partial charge >= 0.3 is 0 Å². The first-order valence-corrected chi connectivity index (χ1v) is 10.8. The van der Waals surface area contributed by atoms with Crippen molar-refractivity contribution in [1.29, 1.82) is 0 Å². The number of hydrogen-bond acceptors (Lipinski definition) is 3. The summed E-state index contributed by atoms with van der Waals surface area (Å²) in [7, 11) is -3.69. The van der Waals surface area contributed by atoms with Crippen molar-refractivity contribution in [3.63, 3.8) is 0 Å². The van der Waals surface area contributed by atoms with Crippen molar-refractivity contribution in [2.45, 2.75) is 56.1 Å². The topological polar surface area (TPSA) is 66.4 Å². The van der Waals surface area contributed by atoms with Crippen LogP contribution >= 0.6 is 0 Å². The maximum Gasteiger partial charge on any atom is 0.240 e. The Bertz CT molecular complexity index is 929. The lowest BCUT2D eigenvalue weighted by atomic mass is 9.77. The third-order valence-corrected chi connectivity index (χ3v) is 6.99. The van der Waals surface area contributed by atoms with Crippen LogP contribution in [0, 0.1) is 17.6 Å². The summed E-state index contributed by atoms with van der Waals surface area (Å²) in [6.07, 6.45) is 2.87. The Kier molecular flexibility index (Phi) is 5.89. The van der Waals surface area contributed by atoms with Crippen molar-refractivity contribution >= 4 is 10.0 Å². The second-order valence-corrected chi connectivity index (χ2v) is 9.69. The van der Waals surface area contributed by atoms with Crippen LogP contribution < -0.4 is 4.72 Å². The van der Waals surface area contributed by atoms with Crippen LogP contribution in [0.3, 0.4) is 0 Å². The zero-order valence-electron chi connectivity index (χ0n) is 16.0. The number of hydrogen-bond donors (Lipinski definition) is 2. The molecule has 0 saturated heterocycles. The third-order valence-electron chi connectivity index (χ3n) is 5.45. The van der Waals surface area contributed by atoms with Gasteiger partial charge in [-0.05, 0) is 75.3 Å². The molecule has 0 amide bonds. The monoisotopic (exact) mass is 409 g/mol. The van der Waals surface area contributed by atoms with Gasteiger partial charge in [-0.1, -0.05) is 12.1 Å². The van der Waals surface area contributed by atoms with Gasteiger partial charge in [-0.2, -0.15) is 0 Å². The quantitative estimate of drug-likeness (QED) is 0.776. The van der Waals surface area contributed by atoms with E-state index in [2.05, 4.69) is 4.72 Å². The van der Waals surface area contributed by atoms with Crippen molar-refractivity contribution in [1.82, 2.24) is 4.72 Å². The van der Waals surface area contributed by atoms with E-state index in [1.165, 1.54) is 30.3 Å². The third kappa shape index (κ3) is 4.77. The minimum absolute atomic E-state index is 0.100. The Morgan fingerprint density at radius 2 is 1.61 bits per heavy atom. The van der Waals surface area contributed by atoms with E-state index in [0.717, 1.165) is 25.0 Å². The molecule has 1 aliphatic carbocycles. The second kappa shape index (κ2) is 7.89. The fourth-order valence-corrected chi connectivity index (χ4v) is 5.05. The Morgan fingerprint density at radius 3 is 2.14 bits per heavy atom. The van der Waals surface area contributed by atoms with Crippen LogP contribution in [0.5, 0.6) is 0 Å². The van der Waals surface area contributed by atoms with E-state index >= 15 is 0 Å². The highest BCUT2D eigenvalue weighted by atomic mass is 32.2. The van der Waals surface area contributed by atoms with Gasteiger partial charge in [0.25, 0.3) is 0 Å². The average molecular weight is 409 g/mol. The zero-order chi connectivity index (χ0) is 20.5. The zero-order valence-corrected chi connectivity index (χ0v) is 16.8. The first-order chi connectivity index (χ1) is 13.1. The molecule has 0 aromatic heterocycles. The first kappa shape index (κ1) is 20.9. The van der Waals surface area contributed by atoms with Gasteiger partial charge in [0, 0.05) is 17.7 Å². The van der Waals surface area contributed by atoms with Crippen LogP contribution in [0.15, 0.2) is 47.4 Å². The highest BCUT2D eigenvalue weighted by molar-refractivity contribution is 7.89. The highest BCUT2D eigenvalue weighted by Crippen LogP contribution is 2.33. The molecule has 2 aromatic carbocycles. The minimum atomic E-state index is -3.69. The van der Waals surface area contributed by atoms with Gasteiger partial charge in [-0.15, -0.1) is 0 Å². The molecule has 2 N–H and O–H groups in total. The molecule has 0 radical (unpaired) electrons. The van der Waals surface area contributed by atoms with Gasteiger partial charge in [0.05, 0.1) is 10.5 Å². The van der Waals surface area contributed by atoms with E-state index in [1.807, 2.05) is 0 Å². The van der Waals surface area contributed by atoms with Crippen molar-refractivity contribution in [2.24, 2.45) is 5.92 Å². The van der Waals surface area contributed by atoms with Crippen LogP contribution in [0.1, 0.15) is 39.5 Å². The summed E-state index contributed by atoms with van der Waals surface area (Å²) in [6.45, 7) is 3.57. The summed E-state index contributed by atoms with van der Waals surface area (Å²) >= 11 is 0. The van der Waals surface area contributed by atoms with Gasteiger partial charge in [0.2, 0.25) is 10.0 Å². The first-order valence-electron chi connectivity index (χ1n) is 9.36. The largest absolute Gasteiger partial charge is 0.390 e. The summed E-state index contributed by atoms with van der Waals surface area (Å²) in [5.41, 5.74) is -0.0691. The molecule has 0 bridgehead atoms. The molecule has 0 heterocycles. The predicted octanol–water partition coefficient (Wildman–Crippen LogP) is 4.24. The average Bonchev–Trinajstić information content (AvgIpc) is 2.61. The molecule has 7 heteroatoms. The fourth-order valence-electron chi connectivity index (χ4n) is 3.74. The number of benzene rings is 2. The Hall–Kier alpha value is -1.83. The molecule has 0 unspecified atom stereocenters. The molecule has 0 spiro atoms. The highest BCUT2D eigenvalue weighted by Gasteiger charge is 2.32. The minimum Gasteiger partial charge on any atom is -0.390 e. The summed E-state index contributed by atoms with van der Waals surface area (Å²) in [6, 6.07) is 8.98. The standard InChI is InChI=1S/C21H25F2NO3S/c1-21(2,25)15-5-8-17(9-6-15)24-28(26,27)18-10-3-14(4-11-18)19-12-7-16(22)13-20(19)23/h3-4,7,10-13,15,17,24-25H,5-6,8-9H2,1-2H3/t15-,17+. The lowest BCUT2D eigenvalue weighted by Crippen LogP contribution is -2.41. The maximum atomic E-state index is 13.9. The van der Waals surface area contributed by atoms with E-state index < -0.39 is 27.3 Å². The van der Waals surface area contributed by atoms with E-state index in [4.69, 9.17) is 0 Å². The van der Waals surface area contributed by atoms with Gasteiger partial charge < -0.3 is 5.11 Å². The van der Waals surface area contributed by atoms with Crippen molar-refractivity contribution in [3.8, 4) is 11.1 Å². The van der Waals surface area contributed by atoms with Crippen LogP contribution in [-0.2, 0) is 10.0 Å². The van der Waals surface area contributed by atoms with Crippen molar-refractivity contribution < 1.29 is 22.3 Å². The molecule has 1 saturated carbocycles. The molecular weight excluding hydrogens is 384 g/mol. The molecule has 0 aliphatic heterocycles. The Balaban J connectivity index is 1.69. The molecule has 3 rings (SSSR count). The molecule has 1 aliphatic rings. The van der Waals surface area contributed by atoms with Crippen LogP contribution in [-0.4, -0.2) is 25.2 Å². The van der Waals surface area contributed by atoms with Crippen LogP contribution in [0.4, 0.5) is 8.78 Å². The molecular formula is C21H25F2NO3S. The SMILES string of the molecule is CC(C)(O)[C@H]1CC[C@@H](NS(=O)(=O)c2ccc(-c3ccc(F)cc3F)cc2)CC1. The summed E-state index contributed by atoms with van der Waals surface area (Å²) in [4.78, 5) is 0.100. The summed E-state index contributed by atoms with van der Waals surface area (Å²) in [5.74, 6) is -1.20. The van der Waals surface area contributed by atoms with E-state index in [1.54, 1.807) is 13.8 Å². The molecule has 4 nitrogen and oxygen atoms in total. The summed E-state index contributed by atoms with van der Waals surface area (Å²) in [5, 5.41) is 10.1. The van der Waals surface area contributed by atoms with Crippen molar-refractivity contribution in [2.75, 3.05) is 0 Å². The molecule has 2 aromatic rings. The molecule has 1 fully saturated rings. The maximum absolute atomic E-state index is 13.9. The van der Waals surface area contributed by atoms with E-state index in [-0.39, 0.29) is 22.4 Å². The number of nitrogens with one attached hydrogen (secondary N) is 1. The second-order valence-electron chi connectivity index (χ2n) is 7.97. The molecule has 0 atom stereocenters. The van der Waals surface area contributed by atoms with Gasteiger partial charge in [0.1, 0.15) is 11.6 Å². The van der Waals surface area contributed by atoms with Gasteiger partial charge in [0.15, 0.2) is 0 Å². The number of aliphatic hydroxyl groups is 1. The summed E-state index contributed by atoms with van der Waals surface area (Å²) < 4.78 is 55.0. The number of rotatable bonds is 5. The van der Waals surface area contributed by atoms with Crippen molar-refractivity contribution in [3.05, 3.63) is 54.1 Å². The smallest absolute Gasteiger partial charge is 0.240 e. The Labute approximate surface area is 164 Å². The lowest BCUT2D eigenvalue weighted by Gasteiger charge is -2.35. The van der Waals surface area contributed by atoms with Crippen LogP contribution in [0.25, 0.3) is 11.1 Å². The predicted molar refractivity (Wildman–Crippen MR) is 104 cm³/mol. The number of sulfonamides is 1. The molecule has 152 valence electrons. The van der Waals surface area contributed by atoms with E-state index in [0.29, 0.717) is 18.4 Å². The Morgan fingerprint density at radius 1 is 1.00 bits per heavy atom.